The number of nitrogens with two attached hydrogens (primary N) is 1. The zero-order chi connectivity index (χ0) is 14.1. The summed E-state index contributed by atoms with van der Waals surface area (Å²) < 4.78 is 1.96. The van der Waals surface area contributed by atoms with Crippen LogP contribution in [0.3, 0.4) is 0 Å². The molecule has 1 aliphatic carbocycles. The van der Waals surface area contributed by atoms with Crippen LogP contribution in [0.15, 0.2) is 24.3 Å². The molecule has 0 bridgehead atoms. The second-order valence-electron chi connectivity index (χ2n) is 5.51. The predicted molar refractivity (Wildman–Crippen MR) is 85.5 cm³/mol. The smallest absolute Gasteiger partial charge is 0.0843 e. The summed E-state index contributed by atoms with van der Waals surface area (Å²) in [5, 5.41) is 5.92. The lowest BCUT2D eigenvalue weighted by Crippen LogP contribution is -2.29. The standard InChI is InChI=1S/C15H20N4S/c1-18-14-5-3-2-4-12(14)13(17-18)10-19(11-6-7-11)9-8-15(16)20/h2-5,11H,6-10H2,1H3,(H2,16,20). The molecule has 0 amide bonds. The second kappa shape index (κ2) is 5.50. The maximum Gasteiger partial charge on any atom is 0.0843 e. The molecule has 20 heavy (non-hydrogen) atoms. The van der Waals surface area contributed by atoms with Crippen molar-refractivity contribution in [2.45, 2.75) is 31.8 Å². The Bertz CT molecular complexity index is 630. The number of benzene rings is 1. The molecule has 4 nitrogen and oxygen atoms in total. The molecule has 2 aromatic rings. The molecule has 106 valence electrons. The van der Waals surface area contributed by atoms with Gasteiger partial charge in [-0.2, -0.15) is 5.10 Å². The fraction of sp³-hybridized carbons (Fsp3) is 0.467. The lowest BCUT2D eigenvalue weighted by Gasteiger charge is -2.20. The summed E-state index contributed by atoms with van der Waals surface area (Å²) >= 11 is 5.00. The maximum atomic E-state index is 5.63. The number of para-hydroxylation sites is 1. The van der Waals surface area contributed by atoms with Crippen LogP contribution >= 0.6 is 12.2 Å². The molecule has 1 fully saturated rings. The van der Waals surface area contributed by atoms with Gasteiger partial charge in [-0.05, 0) is 18.9 Å². The number of rotatable bonds is 6. The van der Waals surface area contributed by atoms with Crippen LogP contribution in [0.4, 0.5) is 0 Å². The van der Waals surface area contributed by atoms with E-state index in [-0.39, 0.29) is 0 Å². The van der Waals surface area contributed by atoms with Crippen molar-refractivity contribution in [3.8, 4) is 0 Å². The first kappa shape index (κ1) is 13.5. The zero-order valence-electron chi connectivity index (χ0n) is 11.7. The first-order valence-electron chi connectivity index (χ1n) is 7.08. The third-order valence-corrected chi connectivity index (χ3v) is 4.10. The molecule has 1 heterocycles. The maximum absolute atomic E-state index is 5.63. The second-order valence-corrected chi connectivity index (χ2v) is 6.03. The Balaban J connectivity index is 1.81. The third kappa shape index (κ3) is 2.83. The Morgan fingerprint density at radius 1 is 1.45 bits per heavy atom. The van der Waals surface area contributed by atoms with E-state index < -0.39 is 0 Å². The summed E-state index contributed by atoms with van der Waals surface area (Å²) in [6.45, 7) is 1.82. The summed E-state index contributed by atoms with van der Waals surface area (Å²) in [6.07, 6.45) is 3.35. The predicted octanol–water partition coefficient (Wildman–Crippen LogP) is 2.21. The number of hydrogen-bond acceptors (Lipinski definition) is 3. The van der Waals surface area contributed by atoms with Gasteiger partial charge in [0.1, 0.15) is 0 Å². The molecule has 1 aliphatic rings. The van der Waals surface area contributed by atoms with Crippen LogP contribution in [-0.2, 0) is 13.6 Å². The Kier molecular flexibility index (Phi) is 3.72. The van der Waals surface area contributed by atoms with Crippen molar-refractivity contribution in [1.82, 2.24) is 14.7 Å². The van der Waals surface area contributed by atoms with E-state index >= 15 is 0 Å². The molecule has 0 spiro atoms. The lowest BCUT2D eigenvalue weighted by atomic mass is 10.2. The van der Waals surface area contributed by atoms with Crippen LogP contribution in [0.5, 0.6) is 0 Å². The highest BCUT2D eigenvalue weighted by atomic mass is 32.1. The SMILES string of the molecule is Cn1nc(CN(CCC(N)=S)C2CC2)c2ccccc21. The molecule has 1 aromatic carbocycles. The Morgan fingerprint density at radius 2 is 2.20 bits per heavy atom. The van der Waals surface area contributed by atoms with Crippen molar-refractivity contribution >= 4 is 28.1 Å². The van der Waals surface area contributed by atoms with Gasteiger partial charge in [0, 0.05) is 38.0 Å². The van der Waals surface area contributed by atoms with Crippen molar-refractivity contribution in [2.24, 2.45) is 12.8 Å². The molecule has 2 N–H and O–H groups in total. The van der Waals surface area contributed by atoms with E-state index in [2.05, 4.69) is 34.3 Å². The Labute approximate surface area is 124 Å². The lowest BCUT2D eigenvalue weighted by molar-refractivity contribution is 0.259. The van der Waals surface area contributed by atoms with Gasteiger partial charge < -0.3 is 5.73 Å². The van der Waals surface area contributed by atoms with Gasteiger partial charge in [-0.15, -0.1) is 0 Å². The van der Waals surface area contributed by atoms with Gasteiger partial charge in [0.2, 0.25) is 0 Å². The fourth-order valence-electron chi connectivity index (χ4n) is 2.68. The summed E-state index contributed by atoms with van der Waals surface area (Å²) in [5.74, 6) is 0. The van der Waals surface area contributed by atoms with Crippen LogP contribution in [0, 0.1) is 0 Å². The zero-order valence-corrected chi connectivity index (χ0v) is 12.6. The summed E-state index contributed by atoms with van der Waals surface area (Å²) in [4.78, 5) is 3.06. The van der Waals surface area contributed by atoms with Gasteiger partial charge in [0.25, 0.3) is 0 Å². The number of hydrogen-bond donors (Lipinski definition) is 1. The fourth-order valence-corrected chi connectivity index (χ4v) is 2.77. The normalized spacial score (nSPS) is 15.1. The van der Waals surface area contributed by atoms with Crippen LogP contribution < -0.4 is 5.73 Å². The van der Waals surface area contributed by atoms with E-state index in [0.29, 0.717) is 11.0 Å². The molecule has 0 radical (unpaired) electrons. The highest BCUT2D eigenvalue weighted by Gasteiger charge is 2.29. The number of fused-ring (bicyclic) bond motifs is 1. The minimum Gasteiger partial charge on any atom is -0.393 e. The summed E-state index contributed by atoms with van der Waals surface area (Å²) in [7, 11) is 2.00. The number of aryl methyl sites for hydroxylation is 1. The van der Waals surface area contributed by atoms with Gasteiger partial charge in [0.15, 0.2) is 0 Å². The van der Waals surface area contributed by atoms with Gasteiger partial charge in [0.05, 0.1) is 16.2 Å². The van der Waals surface area contributed by atoms with E-state index in [1.807, 2.05) is 11.7 Å². The molecule has 0 aliphatic heterocycles. The quantitative estimate of drug-likeness (QED) is 0.828. The van der Waals surface area contributed by atoms with Crippen LogP contribution in [-0.4, -0.2) is 32.3 Å². The topological polar surface area (TPSA) is 47.1 Å². The van der Waals surface area contributed by atoms with E-state index in [1.165, 1.54) is 23.7 Å². The first-order chi connectivity index (χ1) is 9.65. The molecule has 5 heteroatoms. The molecule has 1 aromatic heterocycles. The largest absolute Gasteiger partial charge is 0.393 e. The average molecular weight is 288 g/mol. The van der Waals surface area contributed by atoms with E-state index in [4.69, 9.17) is 18.0 Å². The van der Waals surface area contributed by atoms with E-state index in [0.717, 1.165) is 25.2 Å². The van der Waals surface area contributed by atoms with E-state index in [9.17, 15) is 0 Å². The number of thiocarbonyl (C=S) groups is 1. The summed E-state index contributed by atoms with van der Waals surface area (Å²) in [5.41, 5.74) is 7.97. The third-order valence-electron chi connectivity index (χ3n) is 3.90. The van der Waals surface area contributed by atoms with Crippen molar-refractivity contribution < 1.29 is 0 Å². The highest BCUT2D eigenvalue weighted by Crippen LogP contribution is 2.29. The van der Waals surface area contributed by atoms with Gasteiger partial charge in [-0.3, -0.25) is 9.58 Å². The average Bonchev–Trinajstić information content (AvgIpc) is 3.22. The minimum atomic E-state index is 0.599. The molecule has 0 atom stereocenters. The monoisotopic (exact) mass is 288 g/mol. The molecule has 0 unspecified atom stereocenters. The Morgan fingerprint density at radius 3 is 2.90 bits per heavy atom. The molecule has 0 saturated heterocycles. The minimum absolute atomic E-state index is 0.599. The van der Waals surface area contributed by atoms with Gasteiger partial charge >= 0.3 is 0 Å². The van der Waals surface area contributed by atoms with Crippen LogP contribution in [0.1, 0.15) is 25.0 Å². The van der Waals surface area contributed by atoms with Gasteiger partial charge in [-0.25, -0.2) is 0 Å². The molecule has 1 saturated carbocycles. The van der Waals surface area contributed by atoms with Crippen molar-refractivity contribution in [1.29, 1.82) is 0 Å². The van der Waals surface area contributed by atoms with E-state index in [1.54, 1.807) is 0 Å². The number of aromatic nitrogens is 2. The van der Waals surface area contributed by atoms with Crippen LogP contribution in [0.25, 0.3) is 10.9 Å². The molecular weight excluding hydrogens is 268 g/mol. The highest BCUT2D eigenvalue weighted by molar-refractivity contribution is 7.80. The molecular formula is C15H20N4S. The van der Waals surface area contributed by atoms with Crippen molar-refractivity contribution in [3.05, 3.63) is 30.0 Å². The van der Waals surface area contributed by atoms with Crippen molar-refractivity contribution in [3.63, 3.8) is 0 Å². The molecule has 3 rings (SSSR count). The Hall–Kier alpha value is -1.46. The first-order valence-corrected chi connectivity index (χ1v) is 7.49. The summed E-state index contributed by atoms with van der Waals surface area (Å²) in [6, 6.07) is 9.08. The van der Waals surface area contributed by atoms with Gasteiger partial charge in [-0.1, -0.05) is 30.4 Å². The number of nitrogens with zero attached hydrogens (tertiary/aromatic N) is 3. The van der Waals surface area contributed by atoms with Crippen molar-refractivity contribution in [2.75, 3.05) is 6.54 Å². The van der Waals surface area contributed by atoms with Crippen LogP contribution in [0.2, 0.25) is 0 Å².